The summed E-state index contributed by atoms with van der Waals surface area (Å²) in [4.78, 5) is 15.0. The Hall–Kier alpha value is -0.610. The summed E-state index contributed by atoms with van der Waals surface area (Å²) in [5.41, 5.74) is 0. The molecule has 1 saturated heterocycles. The molecular weight excluding hydrogens is 168 g/mol. The van der Waals surface area contributed by atoms with Gasteiger partial charge in [-0.2, -0.15) is 0 Å². The molecule has 2 atom stereocenters. The van der Waals surface area contributed by atoms with Crippen LogP contribution in [-0.4, -0.2) is 60.1 Å². The molecule has 0 aromatic carbocycles. The minimum atomic E-state index is -0.709. The molecule has 1 fully saturated rings. The van der Waals surface area contributed by atoms with Crippen LogP contribution in [-0.2, 0) is 4.79 Å². The molecular formula is C9H18N2O2. The van der Waals surface area contributed by atoms with E-state index in [1.807, 2.05) is 14.1 Å². The van der Waals surface area contributed by atoms with Gasteiger partial charge in [-0.3, -0.25) is 4.79 Å². The molecule has 0 aromatic heterocycles. The Morgan fingerprint density at radius 2 is 1.92 bits per heavy atom. The normalized spacial score (nSPS) is 31.9. The smallest absolute Gasteiger partial charge is 0.304 e. The van der Waals surface area contributed by atoms with Crippen LogP contribution in [0.5, 0.6) is 0 Å². The number of carboxylic acids is 1. The third kappa shape index (κ3) is 2.42. The quantitative estimate of drug-likeness (QED) is 0.664. The summed E-state index contributed by atoms with van der Waals surface area (Å²) < 4.78 is 0. The molecule has 1 N–H and O–H groups in total. The average Bonchev–Trinajstić information content (AvgIpc) is 2.05. The summed E-state index contributed by atoms with van der Waals surface area (Å²) in [6.45, 7) is 4.07. The summed E-state index contributed by atoms with van der Waals surface area (Å²) in [5, 5.41) is 8.74. The fourth-order valence-electron chi connectivity index (χ4n) is 1.85. The molecule has 0 saturated carbocycles. The predicted octanol–water partition coefficient (Wildman–Crippen LogP) is 0.0954. The van der Waals surface area contributed by atoms with E-state index in [-0.39, 0.29) is 12.5 Å². The van der Waals surface area contributed by atoms with Crippen molar-refractivity contribution in [2.45, 2.75) is 25.4 Å². The molecule has 4 heteroatoms. The second-order valence-electron chi connectivity index (χ2n) is 3.87. The minimum absolute atomic E-state index is 0.149. The third-order valence-corrected chi connectivity index (χ3v) is 3.01. The maximum absolute atomic E-state index is 10.6. The van der Waals surface area contributed by atoms with Gasteiger partial charge in [0.05, 0.1) is 6.42 Å². The molecule has 13 heavy (non-hydrogen) atoms. The number of piperazine rings is 1. The summed E-state index contributed by atoms with van der Waals surface area (Å²) in [6, 6.07) is 0.478. The van der Waals surface area contributed by atoms with E-state index in [0.717, 1.165) is 13.1 Å². The van der Waals surface area contributed by atoms with Crippen LogP contribution < -0.4 is 0 Å². The molecule has 0 aliphatic carbocycles. The summed E-state index contributed by atoms with van der Waals surface area (Å²) in [6.07, 6.45) is 0.238. The zero-order valence-corrected chi connectivity index (χ0v) is 8.53. The van der Waals surface area contributed by atoms with Crippen molar-refractivity contribution in [3.63, 3.8) is 0 Å². The molecule has 0 unspecified atom stereocenters. The van der Waals surface area contributed by atoms with E-state index in [4.69, 9.17) is 5.11 Å². The summed E-state index contributed by atoms with van der Waals surface area (Å²) >= 11 is 0. The number of carbonyl (C=O) groups is 1. The van der Waals surface area contributed by atoms with Crippen molar-refractivity contribution >= 4 is 5.97 Å². The van der Waals surface area contributed by atoms with Gasteiger partial charge < -0.3 is 14.9 Å². The van der Waals surface area contributed by atoms with Gasteiger partial charge in [0, 0.05) is 25.2 Å². The Morgan fingerprint density at radius 1 is 1.38 bits per heavy atom. The SMILES string of the molecule is C[C@H]1[C@@H](CC(=O)O)N(C)CCN1C. The molecule has 4 nitrogen and oxygen atoms in total. The topological polar surface area (TPSA) is 43.8 Å². The molecule has 76 valence electrons. The van der Waals surface area contributed by atoms with E-state index in [2.05, 4.69) is 16.7 Å². The molecule has 0 bridgehead atoms. The highest BCUT2D eigenvalue weighted by Crippen LogP contribution is 2.16. The zero-order valence-electron chi connectivity index (χ0n) is 8.53. The number of hydrogen-bond donors (Lipinski definition) is 1. The lowest BCUT2D eigenvalue weighted by molar-refractivity contribution is -0.139. The Balaban J connectivity index is 2.60. The number of nitrogens with zero attached hydrogens (tertiary/aromatic N) is 2. The van der Waals surface area contributed by atoms with Crippen LogP contribution in [0, 0.1) is 0 Å². The molecule has 0 spiro atoms. The van der Waals surface area contributed by atoms with Gasteiger partial charge in [-0.25, -0.2) is 0 Å². The second-order valence-corrected chi connectivity index (χ2v) is 3.87. The molecule has 1 rings (SSSR count). The van der Waals surface area contributed by atoms with E-state index >= 15 is 0 Å². The molecule has 1 heterocycles. The van der Waals surface area contributed by atoms with Crippen molar-refractivity contribution in [2.24, 2.45) is 0 Å². The lowest BCUT2D eigenvalue weighted by Gasteiger charge is -2.42. The second kappa shape index (κ2) is 4.07. The fourth-order valence-corrected chi connectivity index (χ4v) is 1.85. The van der Waals surface area contributed by atoms with Gasteiger partial charge in [0.2, 0.25) is 0 Å². The standard InChI is InChI=1S/C9H18N2O2/c1-7-8(6-9(12)13)11(3)5-4-10(7)2/h7-8H,4-6H2,1-3H3,(H,12,13)/t7-,8+/m0/s1. The molecule has 0 radical (unpaired) electrons. The van der Waals surface area contributed by atoms with Gasteiger partial charge in [0.25, 0.3) is 0 Å². The van der Waals surface area contributed by atoms with Gasteiger partial charge in [0.15, 0.2) is 0 Å². The van der Waals surface area contributed by atoms with Crippen molar-refractivity contribution in [1.82, 2.24) is 9.80 Å². The fraction of sp³-hybridized carbons (Fsp3) is 0.889. The van der Waals surface area contributed by atoms with Crippen LogP contribution in [0.2, 0.25) is 0 Å². The third-order valence-electron chi connectivity index (χ3n) is 3.01. The first-order valence-corrected chi connectivity index (χ1v) is 4.64. The zero-order chi connectivity index (χ0) is 10.0. The number of hydrogen-bond acceptors (Lipinski definition) is 3. The average molecular weight is 186 g/mol. The van der Waals surface area contributed by atoms with Gasteiger partial charge in [-0.1, -0.05) is 0 Å². The van der Waals surface area contributed by atoms with Crippen molar-refractivity contribution in [1.29, 1.82) is 0 Å². The maximum Gasteiger partial charge on any atom is 0.304 e. The summed E-state index contributed by atoms with van der Waals surface area (Å²) in [7, 11) is 4.05. The summed E-state index contributed by atoms with van der Waals surface area (Å²) in [5.74, 6) is -0.709. The van der Waals surface area contributed by atoms with E-state index in [1.54, 1.807) is 0 Å². The molecule has 1 aliphatic rings. The lowest BCUT2D eigenvalue weighted by Crippen LogP contribution is -2.56. The Labute approximate surface area is 79.1 Å². The monoisotopic (exact) mass is 186 g/mol. The van der Waals surface area contributed by atoms with Gasteiger partial charge in [-0.05, 0) is 21.0 Å². The highest BCUT2D eigenvalue weighted by Gasteiger charge is 2.30. The Kier molecular flexibility index (Phi) is 3.27. The maximum atomic E-state index is 10.6. The first kappa shape index (κ1) is 10.5. The molecule has 0 amide bonds. The van der Waals surface area contributed by atoms with E-state index in [1.165, 1.54) is 0 Å². The first-order chi connectivity index (χ1) is 6.02. The minimum Gasteiger partial charge on any atom is -0.481 e. The van der Waals surface area contributed by atoms with Crippen LogP contribution in [0.25, 0.3) is 0 Å². The number of rotatable bonds is 2. The van der Waals surface area contributed by atoms with Crippen LogP contribution in [0.4, 0.5) is 0 Å². The van der Waals surface area contributed by atoms with Crippen LogP contribution >= 0.6 is 0 Å². The Bertz CT molecular complexity index is 196. The van der Waals surface area contributed by atoms with Crippen molar-refractivity contribution in [3.8, 4) is 0 Å². The van der Waals surface area contributed by atoms with E-state index in [0.29, 0.717) is 6.04 Å². The highest BCUT2D eigenvalue weighted by molar-refractivity contribution is 5.67. The van der Waals surface area contributed by atoms with Crippen molar-refractivity contribution < 1.29 is 9.90 Å². The van der Waals surface area contributed by atoms with Crippen molar-refractivity contribution in [3.05, 3.63) is 0 Å². The van der Waals surface area contributed by atoms with Crippen LogP contribution in [0.3, 0.4) is 0 Å². The highest BCUT2D eigenvalue weighted by atomic mass is 16.4. The predicted molar refractivity (Wildman–Crippen MR) is 50.8 cm³/mol. The lowest BCUT2D eigenvalue weighted by atomic mass is 10.0. The number of carboxylic acid groups (broad SMARTS) is 1. The largest absolute Gasteiger partial charge is 0.481 e. The van der Waals surface area contributed by atoms with Crippen LogP contribution in [0.1, 0.15) is 13.3 Å². The van der Waals surface area contributed by atoms with Gasteiger partial charge >= 0.3 is 5.97 Å². The number of aliphatic carboxylic acids is 1. The van der Waals surface area contributed by atoms with E-state index < -0.39 is 5.97 Å². The first-order valence-electron chi connectivity index (χ1n) is 4.64. The van der Waals surface area contributed by atoms with Crippen LogP contribution in [0.15, 0.2) is 0 Å². The number of likely N-dealkylation sites (N-methyl/N-ethyl adjacent to an activating group) is 2. The van der Waals surface area contributed by atoms with E-state index in [9.17, 15) is 4.79 Å². The van der Waals surface area contributed by atoms with Crippen molar-refractivity contribution in [2.75, 3.05) is 27.2 Å². The van der Waals surface area contributed by atoms with Gasteiger partial charge in [0.1, 0.15) is 0 Å². The van der Waals surface area contributed by atoms with Gasteiger partial charge in [-0.15, -0.1) is 0 Å². The molecule has 1 aliphatic heterocycles. The Morgan fingerprint density at radius 3 is 2.46 bits per heavy atom. The molecule has 0 aromatic rings.